The number of fused-ring (bicyclic) bond motifs is 1. The maximum absolute atomic E-state index is 13.1. The molecule has 0 amide bonds. The summed E-state index contributed by atoms with van der Waals surface area (Å²) in [4.78, 5) is 8.42. The van der Waals surface area contributed by atoms with Crippen molar-refractivity contribution >= 4 is 10.8 Å². The highest BCUT2D eigenvalue weighted by Gasteiger charge is 2.05. The predicted octanol–water partition coefficient (Wildman–Crippen LogP) is 3.44. The van der Waals surface area contributed by atoms with Crippen LogP contribution in [0.25, 0.3) is 22.0 Å². The first-order chi connectivity index (χ1) is 8.34. The summed E-state index contributed by atoms with van der Waals surface area (Å²) < 4.78 is 13.1. The molecule has 0 aliphatic carbocycles. The molecule has 0 radical (unpaired) electrons. The summed E-state index contributed by atoms with van der Waals surface area (Å²) in [5.74, 6) is -0.235. The lowest BCUT2D eigenvalue weighted by atomic mass is 10.1. The van der Waals surface area contributed by atoms with Gasteiger partial charge in [0.05, 0.1) is 5.69 Å². The Bertz CT molecular complexity index is 665. The Balaban J connectivity index is 2.31. The van der Waals surface area contributed by atoms with Crippen molar-refractivity contribution in [2.24, 2.45) is 0 Å². The third-order valence-corrected chi connectivity index (χ3v) is 2.66. The lowest BCUT2D eigenvalue weighted by Crippen LogP contribution is -1.87. The molecule has 0 bridgehead atoms. The SMILES string of the molecule is Fc1ccc2c(-c3cccnc3)nccc2c1. The van der Waals surface area contributed by atoms with Crippen LogP contribution in [-0.2, 0) is 0 Å². The molecule has 0 atom stereocenters. The fourth-order valence-corrected chi connectivity index (χ4v) is 1.88. The molecule has 3 rings (SSSR count). The summed E-state index contributed by atoms with van der Waals surface area (Å²) >= 11 is 0. The minimum atomic E-state index is -0.235. The summed E-state index contributed by atoms with van der Waals surface area (Å²) in [5, 5.41) is 1.78. The molecule has 0 N–H and O–H groups in total. The van der Waals surface area contributed by atoms with Gasteiger partial charge in [-0.25, -0.2) is 4.39 Å². The lowest BCUT2D eigenvalue weighted by Gasteiger charge is -2.05. The fraction of sp³-hybridized carbons (Fsp3) is 0. The number of rotatable bonds is 1. The van der Waals surface area contributed by atoms with Gasteiger partial charge in [0.1, 0.15) is 5.82 Å². The van der Waals surface area contributed by atoms with Crippen LogP contribution in [0.5, 0.6) is 0 Å². The first-order valence-electron chi connectivity index (χ1n) is 5.29. The minimum absolute atomic E-state index is 0.235. The predicted molar refractivity (Wildman–Crippen MR) is 64.9 cm³/mol. The highest BCUT2D eigenvalue weighted by Crippen LogP contribution is 2.25. The lowest BCUT2D eigenvalue weighted by molar-refractivity contribution is 0.630. The number of nitrogens with zero attached hydrogens (tertiary/aromatic N) is 2. The van der Waals surface area contributed by atoms with Gasteiger partial charge < -0.3 is 0 Å². The normalized spacial score (nSPS) is 10.6. The average molecular weight is 224 g/mol. The molecule has 1 aromatic carbocycles. The van der Waals surface area contributed by atoms with Gasteiger partial charge in [-0.3, -0.25) is 9.97 Å². The van der Waals surface area contributed by atoms with Crippen molar-refractivity contribution in [1.82, 2.24) is 9.97 Å². The second-order valence-corrected chi connectivity index (χ2v) is 3.77. The van der Waals surface area contributed by atoms with E-state index in [1.807, 2.05) is 12.1 Å². The van der Waals surface area contributed by atoms with Crippen LogP contribution in [0.2, 0.25) is 0 Å². The Morgan fingerprint density at radius 2 is 1.94 bits per heavy atom. The zero-order valence-corrected chi connectivity index (χ0v) is 8.97. The zero-order chi connectivity index (χ0) is 11.7. The number of hydrogen-bond donors (Lipinski definition) is 0. The van der Waals surface area contributed by atoms with E-state index < -0.39 is 0 Å². The Labute approximate surface area is 97.8 Å². The van der Waals surface area contributed by atoms with Gasteiger partial charge in [-0.15, -0.1) is 0 Å². The minimum Gasteiger partial charge on any atom is -0.264 e. The van der Waals surface area contributed by atoms with E-state index in [1.54, 1.807) is 30.7 Å². The van der Waals surface area contributed by atoms with E-state index >= 15 is 0 Å². The molecule has 0 unspecified atom stereocenters. The summed E-state index contributed by atoms with van der Waals surface area (Å²) in [6, 6.07) is 10.3. The van der Waals surface area contributed by atoms with Crippen molar-refractivity contribution in [2.45, 2.75) is 0 Å². The molecule has 0 saturated heterocycles. The number of aromatic nitrogens is 2. The van der Waals surface area contributed by atoms with Crippen molar-refractivity contribution in [3.8, 4) is 11.3 Å². The van der Waals surface area contributed by atoms with Crippen molar-refractivity contribution in [3.05, 3.63) is 60.8 Å². The van der Waals surface area contributed by atoms with Crippen molar-refractivity contribution in [3.63, 3.8) is 0 Å². The molecule has 0 saturated carbocycles. The van der Waals surface area contributed by atoms with Crippen molar-refractivity contribution in [1.29, 1.82) is 0 Å². The first kappa shape index (κ1) is 9.90. The van der Waals surface area contributed by atoms with Gasteiger partial charge in [-0.2, -0.15) is 0 Å². The van der Waals surface area contributed by atoms with Gasteiger partial charge in [0.25, 0.3) is 0 Å². The van der Waals surface area contributed by atoms with Gasteiger partial charge in [0.15, 0.2) is 0 Å². The molecular weight excluding hydrogens is 215 g/mol. The highest BCUT2D eigenvalue weighted by molar-refractivity contribution is 5.94. The number of halogens is 1. The van der Waals surface area contributed by atoms with Crippen LogP contribution < -0.4 is 0 Å². The Morgan fingerprint density at radius 1 is 1.00 bits per heavy atom. The van der Waals surface area contributed by atoms with Crippen LogP contribution in [0.1, 0.15) is 0 Å². The van der Waals surface area contributed by atoms with E-state index in [4.69, 9.17) is 0 Å². The molecule has 0 aliphatic rings. The standard InChI is InChI=1S/C14H9FN2/c15-12-3-4-13-10(8-12)5-7-17-14(13)11-2-1-6-16-9-11/h1-9H. The van der Waals surface area contributed by atoms with Gasteiger partial charge >= 0.3 is 0 Å². The Kier molecular flexibility index (Phi) is 2.29. The monoisotopic (exact) mass is 224 g/mol. The molecule has 3 heteroatoms. The second-order valence-electron chi connectivity index (χ2n) is 3.77. The third kappa shape index (κ3) is 1.76. The fourth-order valence-electron chi connectivity index (χ4n) is 1.88. The van der Waals surface area contributed by atoms with Crippen LogP contribution in [-0.4, -0.2) is 9.97 Å². The van der Waals surface area contributed by atoms with E-state index in [0.29, 0.717) is 0 Å². The molecule has 3 aromatic rings. The van der Waals surface area contributed by atoms with Gasteiger partial charge in [-0.1, -0.05) is 0 Å². The maximum Gasteiger partial charge on any atom is 0.123 e. The van der Waals surface area contributed by atoms with E-state index in [1.165, 1.54) is 12.1 Å². The summed E-state index contributed by atoms with van der Waals surface area (Å²) in [6.45, 7) is 0. The summed E-state index contributed by atoms with van der Waals surface area (Å²) in [5.41, 5.74) is 1.76. The molecular formula is C14H9FN2. The topological polar surface area (TPSA) is 25.8 Å². The molecule has 2 aromatic heterocycles. The maximum atomic E-state index is 13.1. The number of pyridine rings is 2. The summed E-state index contributed by atoms with van der Waals surface area (Å²) in [7, 11) is 0. The quantitative estimate of drug-likeness (QED) is 0.632. The van der Waals surface area contributed by atoms with E-state index in [2.05, 4.69) is 9.97 Å². The Morgan fingerprint density at radius 3 is 2.76 bits per heavy atom. The van der Waals surface area contributed by atoms with Gasteiger partial charge in [-0.05, 0) is 41.8 Å². The van der Waals surface area contributed by atoms with Gasteiger partial charge in [0, 0.05) is 29.5 Å². The van der Waals surface area contributed by atoms with Crippen LogP contribution in [0.3, 0.4) is 0 Å². The third-order valence-electron chi connectivity index (χ3n) is 2.66. The van der Waals surface area contributed by atoms with Crippen LogP contribution in [0.4, 0.5) is 4.39 Å². The van der Waals surface area contributed by atoms with Crippen molar-refractivity contribution in [2.75, 3.05) is 0 Å². The average Bonchev–Trinajstić information content (AvgIpc) is 2.39. The molecule has 82 valence electrons. The highest BCUT2D eigenvalue weighted by atomic mass is 19.1. The largest absolute Gasteiger partial charge is 0.264 e. The van der Waals surface area contributed by atoms with Crippen LogP contribution in [0, 0.1) is 5.82 Å². The van der Waals surface area contributed by atoms with Crippen LogP contribution in [0.15, 0.2) is 55.0 Å². The van der Waals surface area contributed by atoms with E-state index in [0.717, 1.165) is 22.0 Å². The Hall–Kier alpha value is -2.29. The van der Waals surface area contributed by atoms with E-state index in [9.17, 15) is 4.39 Å². The molecule has 0 spiro atoms. The number of hydrogen-bond acceptors (Lipinski definition) is 2. The molecule has 17 heavy (non-hydrogen) atoms. The van der Waals surface area contributed by atoms with E-state index in [-0.39, 0.29) is 5.82 Å². The summed E-state index contributed by atoms with van der Waals surface area (Å²) in [6.07, 6.45) is 5.16. The molecule has 2 nitrogen and oxygen atoms in total. The molecule has 2 heterocycles. The molecule has 0 fully saturated rings. The zero-order valence-electron chi connectivity index (χ0n) is 8.97. The smallest absolute Gasteiger partial charge is 0.123 e. The van der Waals surface area contributed by atoms with Gasteiger partial charge in [0.2, 0.25) is 0 Å². The second kappa shape index (κ2) is 3.94. The van der Waals surface area contributed by atoms with Crippen molar-refractivity contribution < 1.29 is 4.39 Å². The van der Waals surface area contributed by atoms with Crippen LogP contribution >= 0.6 is 0 Å². The number of benzene rings is 1. The first-order valence-corrected chi connectivity index (χ1v) is 5.29. The molecule has 0 aliphatic heterocycles.